The molecule has 0 aliphatic heterocycles. The highest BCUT2D eigenvalue weighted by Gasteiger charge is 2.08. The number of ether oxygens (including phenoxy) is 2. The van der Waals surface area contributed by atoms with Gasteiger partial charge in [-0.15, -0.1) is 0 Å². The topological polar surface area (TPSA) is 88.2 Å². The average Bonchev–Trinajstić information content (AvgIpc) is 3.06. The summed E-state index contributed by atoms with van der Waals surface area (Å²) >= 11 is 0. The van der Waals surface area contributed by atoms with Crippen LogP contribution in [0.4, 0.5) is 0 Å². The molecule has 2 aromatic rings. The first-order chi connectivity index (χ1) is 9.49. The number of esters is 2. The van der Waals surface area contributed by atoms with Crippen LogP contribution in [0, 0.1) is 0 Å². The number of aryl methyl sites for hydroxylation is 2. The Balaban J connectivity index is 0.000000200. The minimum atomic E-state index is -0.402. The monoisotopic (exact) mass is 280 g/mol. The fraction of sp³-hybridized carbons (Fsp3) is 0.333. The first-order valence-electron chi connectivity index (χ1n) is 5.64. The van der Waals surface area contributed by atoms with Crippen molar-refractivity contribution < 1.29 is 19.1 Å². The third-order valence-corrected chi connectivity index (χ3v) is 2.32. The molecule has 0 fully saturated rings. The summed E-state index contributed by atoms with van der Waals surface area (Å²) in [7, 11) is 6.10. The zero-order valence-corrected chi connectivity index (χ0v) is 11.7. The zero-order valence-electron chi connectivity index (χ0n) is 11.7. The Labute approximate surface area is 115 Å². The normalized spacial score (nSPS) is 9.40. The Bertz CT molecular complexity index is 588. The van der Waals surface area contributed by atoms with Gasteiger partial charge in [-0.2, -0.15) is 10.2 Å². The largest absolute Gasteiger partial charge is 0.464 e. The maximum absolute atomic E-state index is 10.8. The highest BCUT2D eigenvalue weighted by Crippen LogP contribution is 1.97. The standard InChI is InChI=1S/2C6H8N2O2/c1-8-4-3-5(7-8)6(9)10-2;1-8-5(3-4-7-8)6(9)10-2/h2*3-4H,1-2H3. The quantitative estimate of drug-likeness (QED) is 0.740. The summed E-state index contributed by atoms with van der Waals surface area (Å²) in [6.45, 7) is 0. The van der Waals surface area contributed by atoms with Crippen molar-refractivity contribution in [3.05, 3.63) is 35.9 Å². The minimum Gasteiger partial charge on any atom is -0.464 e. The molecule has 0 aliphatic rings. The number of nitrogens with zero attached hydrogens (tertiary/aromatic N) is 4. The van der Waals surface area contributed by atoms with E-state index in [1.54, 1.807) is 43.3 Å². The van der Waals surface area contributed by atoms with Crippen molar-refractivity contribution in [2.24, 2.45) is 14.1 Å². The van der Waals surface area contributed by atoms with E-state index in [0.717, 1.165) is 0 Å². The van der Waals surface area contributed by atoms with E-state index < -0.39 is 5.97 Å². The van der Waals surface area contributed by atoms with Crippen LogP contribution in [0.3, 0.4) is 0 Å². The summed E-state index contributed by atoms with van der Waals surface area (Å²) in [6.07, 6.45) is 3.23. The molecule has 8 nitrogen and oxygen atoms in total. The minimum absolute atomic E-state index is 0.338. The number of carbonyl (C=O) groups is 2. The van der Waals surface area contributed by atoms with Gasteiger partial charge in [0, 0.05) is 26.5 Å². The summed E-state index contributed by atoms with van der Waals surface area (Å²) in [5.41, 5.74) is 0.799. The molecule has 0 bridgehead atoms. The lowest BCUT2D eigenvalue weighted by atomic mass is 10.4. The van der Waals surface area contributed by atoms with E-state index in [1.165, 1.54) is 18.9 Å². The summed E-state index contributed by atoms with van der Waals surface area (Å²) in [6, 6.07) is 3.21. The number of hydrogen-bond acceptors (Lipinski definition) is 6. The van der Waals surface area contributed by atoms with E-state index in [-0.39, 0.29) is 5.97 Å². The van der Waals surface area contributed by atoms with Crippen LogP contribution in [0.1, 0.15) is 21.0 Å². The predicted molar refractivity (Wildman–Crippen MR) is 69.1 cm³/mol. The van der Waals surface area contributed by atoms with Gasteiger partial charge >= 0.3 is 11.9 Å². The van der Waals surface area contributed by atoms with Crippen LogP contribution < -0.4 is 0 Å². The average molecular weight is 280 g/mol. The predicted octanol–water partition coefficient (Wildman–Crippen LogP) is 0.413. The summed E-state index contributed by atoms with van der Waals surface area (Å²) in [5, 5.41) is 7.63. The molecule has 20 heavy (non-hydrogen) atoms. The van der Waals surface area contributed by atoms with Gasteiger partial charge in [0.2, 0.25) is 0 Å². The van der Waals surface area contributed by atoms with Crippen LogP contribution in [-0.4, -0.2) is 45.7 Å². The van der Waals surface area contributed by atoms with Gasteiger partial charge in [-0.25, -0.2) is 9.59 Å². The Morgan fingerprint density at radius 3 is 2.15 bits per heavy atom. The van der Waals surface area contributed by atoms with Crippen molar-refractivity contribution in [3.63, 3.8) is 0 Å². The Kier molecular flexibility index (Phi) is 5.45. The second-order valence-electron chi connectivity index (χ2n) is 3.70. The number of rotatable bonds is 2. The molecule has 0 radical (unpaired) electrons. The van der Waals surface area contributed by atoms with E-state index in [0.29, 0.717) is 11.4 Å². The van der Waals surface area contributed by atoms with Gasteiger partial charge in [0.25, 0.3) is 0 Å². The molecule has 0 unspecified atom stereocenters. The number of carbonyl (C=O) groups excluding carboxylic acids is 2. The first kappa shape index (κ1) is 15.4. The summed E-state index contributed by atoms with van der Waals surface area (Å²) in [5.74, 6) is -0.763. The molecule has 0 spiro atoms. The Morgan fingerprint density at radius 1 is 1.10 bits per heavy atom. The van der Waals surface area contributed by atoms with Gasteiger partial charge in [-0.1, -0.05) is 0 Å². The molecule has 8 heteroatoms. The third kappa shape index (κ3) is 3.94. The molecule has 0 saturated heterocycles. The van der Waals surface area contributed by atoms with Gasteiger partial charge in [0.15, 0.2) is 5.69 Å². The lowest BCUT2D eigenvalue weighted by Gasteiger charge is -1.96. The highest BCUT2D eigenvalue weighted by molar-refractivity contribution is 5.87. The van der Waals surface area contributed by atoms with E-state index in [4.69, 9.17) is 0 Å². The highest BCUT2D eigenvalue weighted by atomic mass is 16.5. The van der Waals surface area contributed by atoms with Crippen LogP contribution in [0.2, 0.25) is 0 Å². The van der Waals surface area contributed by atoms with Gasteiger partial charge in [-0.3, -0.25) is 9.36 Å². The first-order valence-corrected chi connectivity index (χ1v) is 5.64. The van der Waals surface area contributed by atoms with Crippen molar-refractivity contribution >= 4 is 11.9 Å². The van der Waals surface area contributed by atoms with Crippen LogP contribution in [0.5, 0.6) is 0 Å². The van der Waals surface area contributed by atoms with E-state index in [2.05, 4.69) is 19.7 Å². The SMILES string of the molecule is COC(=O)c1ccn(C)n1.COC(=O)c1ccnn1C. The molecule has 0 N–H and O–H groups in total. The fourth-order valence-corrected chi connectivity index (χ4v) is 1.31. The second-order valence-corrected chi connectivity index (χ2v) is 3.70. The van der Waals surface area contributed by atoms with Crippen molar-refractivity contribution in [2.45, 2.75) is 0 Å². The van der Waals surface area contributed by atoms with Crippen molar-refractivity contribution in [1.29, 1.82) is 0 Å². The molecule has 0 saturated carbocycles. The molecule has 2 heterocycles. The van der Waals surface area contributed by atoms with Crippen LogP contribution >= 0.6 is 0 Å². The van der Waals surface area contributed by atoms with E-state index in [9.17, 15) is 9.59 Å². The molecule has 108 valence electrons. The number of aromatic nitrogens is 4. The lowest BCUT2D eigenvalue weighted by Crippen LogP contribution is -2.07. The molecule has 2 aromatic heterocycles. The molecule has 0 aliphatic carbocycles. The Hall–Kier alpha value is -2.64. The van der Waals surface area contributed by atoms with Gasteiger partial charge in [0.05, 0.1) is 14.2 Å². The van der Waals surface area contributed by atoms with Gasteiger partial charge < -0.3 is 9.47 Å². The van der Waals surface area contributed by atoms with Gasteiger partial charge in [-0.05, 0) is 12.1 Å². The van der Waals surface area contributed by atoms with E-state index >= 15 is 0 Å². The third-order valence-electron chi connectivity index (χ3n) is 2.32. The molecular formula is C12H16N4O4. The van der Waals surface area contributed by atoms with Crippen molar-refractivity contribution in [1.82, 2.24) is 19.6 Å². The van der Waals surface area contributed by atoms with Crippen LogP contribution in [-0.2, 0) is 23.6 Å². The Morgan fingerprint density at radius 2 is 1.75 bits per heavy atom. The summed E-state index contributed by atoms with van der Waals surface area (Å²) in [4.78, 5) is 21.5. The van der Waals surface area contributed by atoms with Crippen molar-refractivity contribution in [3.8, 4) is 0 Å². The van der Waals surface area contributed by atoms with Gasteiger partial charge in [0.1, 0.15) is 5.69 Å². The molecule has 0 aromatic carbocycles. The molecule has 0 amide bonds. The smallest absolute Gasteiger partial charge is 0.358 e. The summed E-state index contributed by atoms with van der Waals surface area (Å²) < 4.78 is 11.9. The number of methoxy groups -OCH3 is 2. The van der Waals surface area contributed by atoms with E-state index in [1.807, 2.05) is 0 Å². The lowest BCUT2D eigenvalue weighted by molar-refractivity contribution is 0.0581. The second kappa shape index (κ2) is 7.07. The maximum Gasteiger partial charge on any atom is 0.358 e. The zero-order chi connectivity index (χ0) is 15.1. The molecular weight excluding hydrogens is 264 g/mol. The maximum atomic E-state index is 10.8. The molecule has 2 rings (SSSR count). The molecule has 0 atom stereocenters. The van der Waals surface area contributed by atoms with Crippen molar-refractivity contribution in [2.75, 3.05) is 14.2 Å². The fourth-order valence-electron chi connectivity index (χ4n) is 1.31. The van der Waals surface area contributed by atoms with Crippen LogP contribution in [0.15, 0.2) is 24.5 Å². The number of hydrogen-bond donors (Lipinski definition) is 0. The van der Waals surface area contributed by atoms with Crippen LogP contribution in [0.25, 0.3) is 0 Å².